The van der Waals surface area contributed by atoms with Gasteiger partial charge in [-0.1, -0.05) is 75.2 Å². The third-order valence-electron chi connectivity index (χ3n) is 5.16. The van der Waals surface area contributed by atoms with E-state index in [9.17, 15) is 0 Å². The van der Waals surface area contributed by atoms with Crippen LogP contribution in [0.4, 0.5) is 10.1 Å². The summed E-state index contributed by atoms with van der Waals surface area (Å²) in [5, 5.41) is 0.407. The first-order chi connectivity index (χ1) is 15.4. The van der Waals surface area contributed by atoms with E-state index >= 15 is 4.39 Å². The van der Waals surface area contributed by atoms with E-state index in [0.29, 0.717) is 33.8 Å². The van der Waals surface area contributed by atoms with E-state index in [0.717, 1.165) is 29.7 Å². The Hall–Kier alpha value is -2.04. The highest BCUT2D eigenvalue weighted by molar-refractivity contribution is 9.10. The van der Waals surface area contributed by atoms with Crippen molar-refractivity contribution in [3.05, 3.63) is 92.2 Å². The molecule has 3 aromatic rings. The summed E-state index contributed by atoms with van der Waals surface area (Å²) >= 11 is 9.72. The molecule has 0 spiro atoms. The second-order valence-corrected chi connectivity index (χ2v) is 8.63. The van der Waals surface area contributed by atoms with Crippen molar-refractivity contribution in [1.82, 2.24) is 0 Å². The van der Waals surface area contributed by atoms with Crippen molar-refractivity contribution >= 4 is 33.2 Å². The van der Waals surface area contributed by atoms with Crippen molar-refractivity contribution in [1.29, 1.82) is 0 Å². The van der Waals surface area contributed by atoms with E-state index in [1.165, 1.54) is 5.56 Å². The van der Waals surface area contributed by atoms with E-state index < -0.39 is 0 Å². The lowest BCUT2D eigenvalue weighted by atomic mass is 10.1. The van der Waals surface area contributed by atoms with E-state index in [1.807, 2.05) is 43.0 Å². The molecule has 5 heteroatoms. The fourth-order valence-corrected chi connectivity index (χ4v) is 4.09. The van der Waals surface area contributed by atoms with Gasteiger partial charge in [0.2, 0.25) is 0 Å². The fraction of sp³-hybridized carbons (Fsp3) is 0.333. The molecule has 0 bridgehead atoms. The molecule has 3 rings (SSSR count). The quantitative estimate of drug-likeness (QED) is 0.275. The predicted octanol–water partition coefficient (Wildman–Crippen LogP) is 8.74. The lowest BCUT2D eigenvalue weighted by Gasteiger charge is -2.27. The number of aryl methyl sites for hydroxylation is 1. The van der Waals surface area contributed by atoms with E-state index in [-0.39, 0.29) is 5.82 Å². The Bertz CT molecular complexity index is 990. The maximum absolute atomic E-state index is 15.2. The molecule has 0 saturated heterocycles. The van der Waals surface area contributed by atoms with Gasteiger partial charge in [0.15, 0.2) is 5.82 Å². The van der Waals surface area contributed by atoms with Gasteiger partial charge in [0.05, 0.1) is 17.8 Å². The molecular formula is C27H32BrClFNO. The highest BCUT2D eigenvalue weighted by Gasteiger charge is 2.19. The minimum atomic E-state index is -0.292. The summed E-state index contributed by atoms with van der Waals surface area (Å²) in [5.41, 5.74) is 4.49. The first-order valence-corrected chi connectivity index (χ1v) is 12.2. The molecule has 172 valence electrons. The number of hydrogen-bond acceptors (Lipinski definition) is 2. The minimum absolute atomic E-state index is 0.292. The number of anilines is 1. The van der Waals surface area contributed by atoms with Gasteiger partial charge in [0.1, 0.15) is 5.75 Å². The number of hydrogen-bond donors (Lipinski definition) is 0. The third-order valence-corrected chi connectivity index (χ3v) is 6.51. The Labute approximate surface area is 205 Å². The van der Waals surface area contributed by atoms with Gasteiger partial charge in [-0.05, 0) is 64.2 Å². The molecule has 0 unspecified atom stereocenters. The number of halogens is 3. The molecule has 0 atom stereocenters. The van der Waals surface area contributed by atoms with Crippen molar-refractivity contribution < 1.29 is 9.13 Å². The summed E-state index contributed by atoms with van der Waals surface area (Å²) in [4.78, 5) is 2.04. The number of ether oxygens (including phenoxy) is 1. The van der Waals surface area contributed by atoms with Crippen LogP contribution in [-0.4, -0.2) is 7.11 Å². The summed E-state index contributed by atoms with van der Waals surface area (Å²) in [5.74, 6) is 0.507. The second kappa shape index (κ2) is 12.9. The monoisotopic (exact) mass is 519 g/mol. The SMILES string of the molecule is CC.CCCc1ccc(CN(Cc2ccc(OC)cc2)c2cc(Br)c(Cl)c(C)c2F)cc1. The molecule has 0 aliphatic carbocycles. The van der Waals surface area contributed by atoms with Crippen LogP contribution >= 0.6 is 27.5 Å². The molecule has 32 heavy (non-hydrogen) atoms. The zero-order valence-electron chi connectivity index (χ0n) is 19.5. The summed E-state index contributed by atoms with van der Waals surface area (Å²) in [7, 11) is 1.65. The molecule has 0 aliphatic rings. The number of methoxy groups -OCH3 is 1. The number of nitrogens with zero attached hydrogens (tertiary/aromatic N) is 1. The summed E-state index contributed by atoms with van der Waals surface area (Å²) in [6.45, 7) is 9.03. The van der Waals surface area contributed by atoms with Crippen LogP contribution in [0.2, 0.25) is 5.02 Å². The van der Waals surface area contributed by atoms with Crippen LogP contribution in [0.25, 0.3) is 0 Å². The van der Waals surface area contributed by atoms with Gasteiger partial charge in [0, 0.05) is 23.1 Å². The normalized spacial score (nSPS) is 10.4. The van der Waals surface area contributed by atoms with Crippen LogP contribution in [0.5, 0.6) is 5.75 Å². The number of rotatable bonds is 8. The van der Waals surface area contributed by atoms with Crippen LogP contribution in [0, 0.1) is 12.7 Å². The third kappa shape index (κ3) is 6.73. The summed E-state index contributed by atoms with van der Waals surface area (Å²) in [6.07, 6.45) is 2.18. The van der Waals surface area contributed by atoms with Gasteiger partial charge >= 0.3 is 0 Å². The van der Waals surface area contributed by atoms with Crippen LogP contribution < -0.4 is 9.64 Å². The largest absolute Gasteiger partial charge is 0.497 e. The fourth-order valence-electron chi connectivity index (χ4n) is 3.44. The highest BCUT2D eigenvalue weighted by Crippen LogP contribution is 2.36. The Morgan fingerprint density at radius 3 is 1.94 bits per heavy atom. The van der Waals surface area contributed by atoms with Crippen molar-refractivity contribution in [3.63, 3.8) is 0 Å². The minimum Gasteiger partial charge on any atom is -0.497 e. The molecular weight excluding hydrogens is 489 g/mol. The average Bonchev–Trinajstić information content (AvgIpc) is 2.83. The molecule has 0 aromatic heterocycles. The molecule has 0 heterocycles. The molecule has 3 aromatic carbocycles. The first kappa shape index (κ1) is 26.2. The smallest absolute Gasteiger partial charge is 0.150 e. The Morgan fingerprint density at radius 1 is 0.938 bits per heavy atom. The Kier molecular flexibility index (Phi) is 10.5. The zero-order chi connectivity index (χ0) is 23.7. The van der Waals surface area contributed by atoms with E-state index in [1.54, 1.807) is 20.1 Å². The highest BCUT2D eigenvalue weighted by atomic mass is 79.9. The van der Waals surface area contributed by atoms with Gasteiger partial charge in [-0.15, -0.1) is 0 Å². The second-order valence-electron chi connectivity index (χ2n) is 7.40. The van der Waals surface area contributed by atoms with Gasteiger partial charge < -0.3 is 9.64 Å². The lowest BCUT2D eigenvalue weighted by Crippen LogP contribution is -2.23. The van der Waals surface area contributed by atoms with Gasteiger partial charge in [-0.3, -0.25) is 0 Å². The van der Waals surface area contributed by atoms with Crippen molar-refractivity contribution in [2.45, 2.75) is 53.6 Å². The average molecular weight is 521 g/mol. The van der Waals surface area contributed by atoms with Crippen LogP contribution in [0.3, 0.4) is 0 Å². The summed E-state index contributed by atoms with van der Waals surface area (Å²) in [6, 6.07) is 18.2. The molecule has 0 radical (unpaired) electrons. The van der Waals surface area contributed by atoms with Crippen molar-refractivity contribution in [2.75, 3.05) is 12.0 Å². The van der Waals surface area contributed by atoms with Crippen LogP contribution in [-0.2, 0) is 19.5 Å². The molecule has 0 aliphatic heterocycles. The van der Waals surface area contributed by atoms with Gasteiger partial charge in [0.25, 0.3) is 0 Å². The zero-order valence-corrected chi connectivity index (χ0v) is 21.9. The Morgan fingerprint density at radius 2 is 1.44 bits per heavy atom. The number of benzene rings is 3. The van der Waals surface area contributed by atoms with E-state index in [4.69, 9.17) is 16.3 Å². The molecule has 0 saturated carbocycles. The van der Waals surface area contributed by atoms with Crippen molar-refractivity contribution in [3.8, 4) is 5.75 Å². The lowest BCUT2D eigenvalue weighted by molar-refractivity contribution is 0.414. The van der Waals surface area contributed by atoms with E-state index in [2.05, 4.69) is 47.1 Å². The van der Waals surface area contributed by atoms with Crippen molar-refractivity contribution in [2.24, 2.45) is 0 Å². The summed E-state index contributed by atoms with van der Waals surface area (Å²) < 4.78 is 21.2. The topological polar surface area (TPSA) is 12.5 Å². The molecule has 2 nitrogen and oxygen atoms in total. The molecule has 0 N–H and O–H groups in total. The molecule has 0 fully saturated rings. The standard InChI is InChI=1S/C25H26BrClFNO.C2H6/c1-4-5-18-6-8-19(9-7-18)15-29(16-20-10-12-21(30-3)13-11-20)23-14-22(26)24(27)17(2)25(23)28;1-2/h6-14H,4-5,15-16H2,1-3H3;1-2H3. The van der Waals surface area contributed by atoms with Gasteiger partial charge in [-0.2, -0.15) is 0 Å². The van der Waals surface area contributed by atoms with Crippen LogP contribution in [0.15, 0.2) is 59.1 Å². The molecule has 0 amide bonds. The maximum Gasteiger partial charge on any atom is 0.150 e. The predicted molar refractivity (Wildman–Crippen MR) is 139 cm³/mol. The van der Waals surface area contributed by atoms with Crippen LogP contribution in [0.1, 0.15) is 49.4 Å². The van der Waals surface area contributed by atoms with Gasteiger partial charge in [-0.25, -0.2) is 4.39 Å². The Balaban J connectivity index is 0.00000176. The first-order valence-electron chi connectivity index (χ1n) is 11.0. The maximum atomic E-state index is 15.2.